The summed E-state index contributed by atoms with van der Waals surface area (Å²) in [5, 5.41) is 8.34. The predicted octanol–water partition coefficient (Wildman–Crippen LogP) is 2.98. The first kappa shape index (κ1) is 22.4. The molecule has 0 fully saturated rings. The molecule has 170 valence electrons. The van der Waals surface area contributed by atoms with Crippen molar-refractivity contribution in [1.82, 2.24) is 9.55 Å². The summed E-state index contributed by atoms with van der Waals surface area (Å²) in [4.78, 5) is 17.4. The highest BCUT2D eigenvalue weighted by Gasteiger charge is 2.21. The van der Waals surface area contributed by atoms with E-state index >= 15 is 0 Å². The number of ether oxygens (including phenoxy) is 2. The molecule has 1 aliphatic rings. The van der Waals surface area contributed by atoms with E-state index in [1.54, 1.807) is 31.2 Å². The number of nitrogens with two attached hydrogens (primary N) is 1. The highest BCUT2D eigenvalue weighted by Crippen LogP contribution is 2.33. The number of amides is 1. The van der Waals surface area contributed by atoms with Gasteiger partial charge in [0.15, 0.2) is 16.7 Å². The number of benzene rings is 2. The van der Waals surface area contributed by atoms with E-state index < -0.39 is 15.3 Å². The lowest BCUT2D eigenvalue weighted by molar-refractivity contribution is -0.115. The van der Waals surface area contributed by atoms with Crippen LogP contribution in [0.2, 0.25) is 0 Å². The Kier molecular flexibility index (Phi) is 6.31. The van der Waals surface area contributed by atoms with Gasteiger partial charge >= 0.3 is 0 Å². The van der Waals surface area contributed by atoms with Crippen LogP contribution >= 0.6 is 11.8 Å². The molecule has 0 bridgehead atoms. The van der Waals surface area contributed by atoms with Gasteiger partial charge in [-0.1, -0.05) is 18.7 Å². The van der Waals surface area contributed by atoms with Crippen LogP contribution in [0.4, 0.5) is 5.69 Å². The Bertz CT molecular complexity index is 1270. The average molecular weight is 477 g/mol. The lowest BCUT2D eigenvalue weighted by atomic mass is 10.2. The van der Waals surface area contributed by atoms with Crippen molar-refractivity contribution in [1.29, 1.82) is 0 Å². The number of nitrogens with one attached hydrogen (secondary N) is 1. The molecule has 2 aromatic carbocycles. The van der Waals surface area contributed by atoms with Crippen LogP contribution in [0.25, 0.3) is 11.0 Å². The second kappa shape index (κ2) is 9.00. The predicted molar refractivity (Wildman–Crippen MR) is 123 cm³/mol. The molecular weight excluding hydrogens is 452 g/mol. The Balaban J connectivity index is 1.55. The molecule has 0 aliphatic carbocycles. The molecule has 9 nitrogen and oxygen atoms in total. The molecule has 2 heterocycles. The topological polar surface area (TPSA) is 126 Å². The normalized spacial score (nSPS) is 14.3. The van der Waals surface area contributed by atoms with E-state index in [2.05, 4.69) is 10.3 Å². The van der Waals surface area contributed by atoms with Crippen molar-refractivity contribution in [3.05, 3.63) is 36.4 Å². The quantitative estimate of drug-likeness (QED) is 0.502. The molecular formula is C21H24N4O5S2. The fourth-order valence-electron chi connectivity index (χ4n) is 3.37. The lowest BCUT2D eigenvalue weighted by Gasteiger charge is -2.19. The molecule has 1 atom stereocenters. The SMILES string of the molecule is CCCn1c(SC(C)C(=O)Nc2ccc3c(c2)OCCO3)nc2cc(S(N)(=O)=O)ccc21. The first-order chi connectivity index (χ1) is 15.3. The molecule has 1 unspecified atom stereocenters. The van der Waals surface area contributed by atoms with Crippen LogP contribution in [0.3, 0.4) is 0 Å². The lowest BCUT2D eigenvalue weighted by Crippen LogP contribution is -2.23. The molecule has 0 spiro atoms. The highest BCUT2D eigenvalue weighted by atomic mass is 32.2. The largest absolute Gasteiger partial charge is 0.486 e. The van der Waals surface area contributed by atoms with Crippen molar-refractivity contribution < 1.29 is 22.7 Å². The Morgan fingerprint density at radius 1 is 1.22 bits per heavy atom. The third-order valence-corrected chi connectivity index (χ3v) is 6.92. The van der Waals surface area contributed by atoms with E-state index in [4.69, 9.17) is 14.6 Å². The number of fused-ring (bicyclic) bond motifs is 2. The molecule has 0 saturated carbocycles. The number of nitrogens with zero attached hydrogens (tertiary/aromatic N) is 2. The molecule has 3 aromatic rings. The zero-order valence-electron chi connectivity index (χ0n) is 17.7. The molecule has 3 N–H and O–H groups in total. The first-order valence-electron chi connectivity index (χ1n) is 10.2. The number of hydrogen-bond acceptors (Lipinski definition) is 7. The van der Waals surface area contributed by atoms with Crippen molar-refractivity contribution in [3.8, 4) is 11.5 Å². The number of rotatable bonds is 7. The second-order valence-electron chi connectivity index (χ2n) is 7.35. The Morgan fingerprint density at radius 2 is 1.97 bits per heavy atom. The smallest absolute Gasteiger partial charge is 0.238 e. The van der Waals surface area contributed by atoms with Gasteiger partial charge in [-0.2, -0.15) is 0 Å². The number of aryl methyl sites for hydroxylation is 1. The van der Waals surface area contributed by atoms with Gasteiger partial charge in [0, 0.05) is 18.3 Å². The molecule has 0 radical (unpaired) electrons. The van der Waals surface area contributed by atoms with Crippen molar-refractivity contribution in [2.24, 2.45) is 5.14 Å². The monoisotopic (exact) mass is 476 g/mol. The molecule has 1 aliphatic heterocycles. The third-order valence-electron chi connectivity index (χ3n) is 4.92. The van der Waals surface area contributed by atoms with Gasteiger partial charge < -0.3 is 19.4 Å². The van der Waals surface area contributed by atoms with Gasteiger partial charge in [0.05, 0.1) is 21.2 Å². The van der Waals surface area contributed by atoms with Crippen LogP contribution in [0.1, 0.15) is 20.3 Å². The maximum Gasteiger partial charge on any atom is 0.238 e. The first-order valence-corrected chi connectivity index (χ1v) is 12.6. The molecule has 11 heteroatoms. The summed E-state index contributed by atoms with van der Waals surface area (Å²) in [6.45, 7) is 5.49. The van der Waals surface area contributed by atoms with E-state index in [0.717, 1.165) is 11.9 Å². The number of hydrogen-bond donors (Lipinski definition) is 2. The van der Waals surface area contributed by atoms with Crippen LogP contribution < -0.4 is 19.9 Å². The number of carbonyl (C=O) groups is 1. The summed E-state index contributed by atoms with van der Waals surface area (Å²) in [6, 6.07) is 9.90. The summed E-state index contributed by atoms with van der Waals surface area (Å²) in [7, 11) is -3.83. The second-order valence-corrected chi connectivity index (χ2v) is 10.2. The summed E-state index contributed by atoms with van der Waals surface area (Å²) in [5.41, 5.74) is 1.93. The number of carbonyl (C=O) groups excluding carboxylic acids is 1. The maximum absolute atomic E-state index is 12.8. The minimum Gasteiger partial charge on any atom is -0.486 e. The summed E-state index contributed by atoms with van der Waals surface area (Å²) < 4.78 is 36.4. The van der Waals surface area contributed by atoms with Crippen LogP contribution in [-0.2, 0) is 21.4 Å². The van der Waals surface area contributed by atoms with Crippen LogP contribution in [0, 0.1) is 0 Å². The summed E-state index contributed by atoms with van der Waals surface area (Å²) in [6.07, 6.45) is 0.855. The van der Waals surface area contributed by atoms with Gasteiger partial charge in [-0.3, -0.25) is 4.79 Å². The standard InChI is InChI=1S/C21H24N4O5S2/c1-3-8-25-17-6-5-15(32(22,27)28)12-16(17)24-21(25)31-13(2)20(26)23-14-4-7-18-19(11-14)30-10-9-29-18/h4-7,11-13H,3,8-10H2,1-2H3,(H,23,26)(H2,22,27,28). The highest BCUT2D eigenvalue weighted by molar-refractivity contribution is 8.00. The number of anilines is 1. The van der Waals surface area contributed by atoms with Gasteiger partial charge in [-0.05, 0) is 43.7 Å². The molecule has 1 aromatic heterocycles. The van der Waals surface area contributed by atoms with E-state index in [0.29, 0.717) is 47.6 Å². The molecule has 1 amide bonds. The summed E-state index contributed by atoms with van der Waals surface area (Å²) >= 11 is 1.31. The van der Waals surface area contributed by atoms with Crippen LogP contribution in [0.5, 0.6) is 11.5 Å². The molecule has 0 saturated heterocycles. The number of imidazole rings is 1. The van der Waals surface area contributed by atoms with Crippen LogP contribution in [0.15, 0.2) is 46.5 Å². The van der Waals surface area contributed by atoms with Gasteiger partial charge in [-0.25, -0.2) is 18.5 Å². The Morgan fingerprint density at radius 3 is 2.69 bits per heavy atom. The van der Waals surface area contributed by atoms with Gasteiger partial charge in [0.2, 0.25) is 15.9 Å². The van der Waals surface area contributed by atoms with Gasteiger partial charge in [0.1, 0.15) is 13.2 Å². The van der Waals surface area contributed by atoms with E-state index in [-0.39, 0.29) is 10.8 Å². The van der Waals surface area contributed by atoms with Crippen molar-refractivity contribution in [2.75, 3.05) is 18.5 Å². The van der Waals surface area contributed by atoms with Gasteiger partial charge in [-0.15, -0.1) is 0 Å². The Labute approximate surface area is 190 Å². The van der Waals surface area contributed by atoms with Crippen molar-refractivity contribution >= 4 is 44.4 Å². The van der Waals surface area contributed by atoms with E-state index in [9.17, 15) is 13.2 Å². The molecule has 32 heavy (non-hydrogen) atoms. The minimum absolute atomic E-state index is 0.00657. The van der Waals surface area contributed by atoms with E-state index in [1.807, 2.05) is 11.5 Å². The third kappa shape index (κ3) is 4.69. The Hall–Kier alpha value is -2.76. The van der Waals surface area contributed by atoms with Crippen LogP contribution in [-0.4, -0.2) is 42.3 Å². The number of sulfonamides is 1. The van der Waals surface area contributed by atoms with Gasteiger partial charge in [0.25, 0.3) is 0 Å². The fraction of sp³-hybridized carbons (Fsp3) is 0.333. The number of primary sulfonamides is 1. The maximum atomic E-state index is 12.8. The number of aromatic nitrogens is 2. The summed E-state index contributed by atoms with van der Waals surface area (Å²) in [5.74, 6) is 1.07. The zero-order chi connectivity index (χ0) is 22.9. The minimum atomic E-state index is -3.83. The van der Waals surface area contributed by atoms with Crippen molar-refractivity contribution in [3.63, 3.8) is 0 Å². The number of thioether (sulfide) groups is 1. The fourth-order valence-corrected chi connectivity index (χ4v) is 4.85. The van der Waals surface area contributed by atoms with Crippen molar-refractivity contribution in [2.45, 2.75) is 42.1 Å². The zero-order valence-corrected chi connectivity index (χ0v) is 19.3. The van der Waals surface area contributed by atoms with E-state index in [1.165, 1.54) is 23.9 Å². The molecule has 4 rings (SSSR count). The average Bonchev–Trinajstić information content (AvgIpc) is 3.09.